The second-order valence-electron chi connectivity index (χ2n) is 6.81. The van der Waals surface area contributed by atoms with Gasteiger partial charge in [-0.1, -0.05) is 24.3 Å². The van der Waals surface area contributed by atoms with Crippen LogP contribution >= 0.6 is 12.4 Å². The third-order valence-electron chi connectivity index (χ3n) is 5.27. The number of aryl methyl sites for hydroxylation is 1. The van der Waals surface area contributed by atoms with E-state index in [1.807, 2.05) is 7.05 Å². The number of likely N-dealkylation sites (tertiary alicyclic amines) is 1. The largest absolute Gasteiger partial charge is 0.342 e. The van der Waals surface area contributed by atoms with Crippen molar-refractivity contribution in [2.24, 2.45) is 5.92 Å². The number of hydrogen-bond acceptors (Lipinski definition) is 2. The van der Waals surface area contributed by atoms with Crippen molar-refractivity contribution in [2.75, 3.05) is 26.7 Å². The Hall–Kier alpha value is -1.06. The number of rotatable bonds is 3. The predicted octanol–water partition coefficient (Wildman–Crippen LogP) is 2.77. The van der Waals surface area contributed by atoms with Crippen molar-refractivity contribution in [3.05, 3.63) is 35.4 Å². The SMILES string of the molecule is CNCC1CCN(C(=O)C2(C)CCCc3ccccc32)C1.Cl. The zero-order valence-corrected chi connectivity index (χ0v) is 14.4. The van der Waals surface area contributed by atoms with E-state index in [2.05, 4.69) is 41.4 Å². The van der Waals surface area contributed by atoms with Gasteiger partial charge < -0.3 is 10.2 Å². The highest BCUT2D eigenvalue weighted by Crippen LogP contribution is 2.39. The maximum atomic E-state index is 13.1. The number of fused-ring (bicyclic) bond motifs is 1. The number of carbonyl (C=O) groups excluding carboxylic acids is 1. The van der Waals surface area contributed by atoms with Gasteiger partial charge in [0.05, 0.1) is 5.41 Å². The summed E-state index contributed by atoms with van der Waals surface area (Å²) in [6, 6.07) is 8.51. The minimum atomic E-state index is -0.316. The van der Waals surface area contributed by atoms with E-state index in [-0.39, 0.29) is 17.8 Å². The monoisotopic (exact) mass is 322 g/mol. The van der Waals surface area contributed by atoms with Gasteiger partial charge in [-0.15, -0.1) is 12.4 Å². The summed E-state index contributed by atoms with van der Waals surface area (Å²) in [6.07, 6.45) is 4.34. The summed E-state index contributed by atoms with van der Waals surface area (Å²) >= 11 is 0. The molecular weight excluding hydrogens is 296 g/mol. The highest BCUT2D eigenvalue weighted by Gasteiger charge is 2.42. The first-order chi connectivity index (χ1) is 10.1. The van der Waals surface area contributed by atoms with Gasteiger partial charge in [0, 0.05) is 13.1 Å². The van der Waals surface area contributed by atoms with Gasteiger partial charge in [0.1, 0.15) is 0 Å². The number of benzene rings is 1. The minimum absolute atomic E-state index is 0. The standard InChI is InChI=1S/C18H26N2O.ClH/c1-18(10-5-7-15-6-3-4-8-16(15)18)17(21)20-11-9-14(13-20)12-19-2;/h3-4,6,8,14,19H,5,7,9-13H2,1-2H3;1H. The van der Waals surface area contributed by atoms with Crippen LogP contribution in [0.2, 0.25) is 0 Å². The first kappa shape index (κ1) is 17.3. The summed E-state index contributed by atoms with van der Waals surface area (Å²) in [7, 11) is 1.99. The molecule has 0 aromatic heterocycles. The van der Waals surface area contributed by atoms with Gasteiger partial charge in [-0.05, 0) is 63.2 Å². The lowest BCUT2D eigenvalue weighted by atomic mass is 9.70. The van der Waals surface area contributed by atoms with Gasteiger partial charge in [-0.3, -0.25) is 4.79 Å². The fraction of sp³-hybridized carbons (Fsp3) is 0.611. The van der Waals surface area contributed by atoms with Crippen molar-refractivity contribution in [3.8, 4) is 0 Å². The molecule has 0 bridgehead atoms. The molecule has 1 N–H and O–H groups in total. The van der Waals surface area contributed by atoms with E-state index in [0.717, 1.165) is 45.3 Å². The topological polar surface area (TPSA) is 32.3 Å². The Morgan fingerprint density at radius 1 is 1.41 bits per heavy atom. The van der Waals surface area contributed by atoms with Crippen LogP contribution in [0, 0.1) is 5.92 Å². The van der Waals surface area contributed by atoms with Crippen LogP contribution in [-0.2, 0) is 16.6 Å². The molecule has 1 heterocycles. The van der Waals surface area contributed by atoms with E-state index in [0.29, 0.717) is 11.8 Å². The number of hydrogen-bond donors (Lipinski definition) is 1. The molecule has 3 rings (SSSR count). The highest BCUT2D eigenvalue weighted by molar-refractivity contribution is 5.88. The lowest BCUT2D eigenvalue weighted by Gasteiger charge is -2.37. The molecule has 22 heavy (non-hydrogen) atoms. The molecule has 0 spiro atoms. The molecular formula is C18H27ClN2O. The van der Waals surface area contributed by atoms with Crippen LogP contribution in [0.1, 0.15) is 37.3 Å². The zero-order chi connectivity index (χ0) is 14.9. The summed E-state index contributed by atoms with van der Waals surface area (Å²) in [4.78, 5) is 15.2. The molecule has 1 amide bonds. The molecule has 0 saturated carbocycles. The van der Waals surface area contributed by atoms with Crippen LogP contribution in [0.25, 0.3) is 0 Å². The molecule has 1 aliphatic carbocycles. The molecule has 3 nitrogen and oxygen atoms in total. The second kappa shape index (κ2) is 7.01. The van der Waals surface area contributed by atoms with Gasteiger partial charge in [-0.25, -0.2) is 0 Å². The van der Waals surface area contributed by atoms with Crippen molar-refractivity contribution >= 4 is 18.3 Å². The van der Waals surface area contributed by atoms with E-state index >= 15 is 0 Å². The Labute approximate surface area is 139 Å². The van der Waals surface area contributed by atoms with Gasteiger partial charge >= 0.3 is 0 Å². The van der Waals surface area contributed by atoms with Crippen LogP contribution in [0.15, 0.2) is 24.3 Å². The van der Waals surface area contributed by atoms with Crippen LogP contribution in [-0.4, -0.2) is 37.5 Å². The van der Waals surface area contributed by atoms with Gasteiger partial charge in [-0.2, -0.15) is 0 Å². The van der Waals surface area contributed by atoms with Crippen LogP contribution < -0.4 is 5.32 Å². The summed E-state index contributed by atoms with van der Waals surface area (Å²) in [5.41, 5.74) is 2.31. The first-order valence-corrected chi connectivity index (χ1v) is 8.17. The fourth-order valence-electron chi connectivity index (χ4n) is 4.09. The maximum absolute atomic E-state index is 13.1. The molecule has 2 aliphatic rings. The van der Waals surface area contributed by atoms with Crippen molar-refractivity contribution < 1.29 is 4.79 Å². The smallest absolute Gasteiger partial charge is 0.232 e. The molecule has 1 aromatic rings. The van der Waals surface area contributed by atoms with E-state index < -0.39 is 0 Å². The van der Waals surface area contributed by atoms with Gasteiger partial charge in [0.2, 0.25) is 5.91 Å². The van der Waals surface area contributed by atoms with E-state index in [1.54, 1.807) is 0 Å². The summed E-state index contributed by atoms with van der Waals surface area (Å²) < 4.78 is 0. The summed E-state index contributed by atoms with van der Waals surface area (Å²) in [5.74, 6) is 0.953. The maximum Gasteiger partial charge on any atom is 0.232 e. The number of nitrogens with zero attached hydrogens (tertiary/aromatic N) is 1. The van der Waals surface area contributed by atoms with E-state index in [9.17, 15) is 4.79 Å². The van der Waals surface area contributed by atoms with Crippen LogP contribution in [0.5, 0.6) is 0 Å². The average molecular weight is 323 g/mol. The molecule has 2 atom stereocenters. The van der Waals surface area contributed by atoms with Crippen molar-refractivity contribution in [2.45, 2.75) is 38.0 Å². The molecule has 1 saturated heterocycles. The normalized spacial score (nSPS) is 27.2. The third kappa shape index (κ3) is 3.02. The molecule has 1 aliphatic heterocycles. The van der Waals surface area contributed by atoms with Crippen LogP contribution in [0.3, 0.4) is 0 Å². The van der Waals surface area contributed by atoms with Gasteiger partial charge in [0.25, 0.3) is 0 Å². The number of nitrogens with one attached hydrogen (secondary N) is 1. The lowest BCUT2D eigenvalue weighted by Crippen LogP contribution is -2.46. The zero-order valence-electron chi connectivity index (χ0n) is 13.6. The fourth-order valence-corrected chi connectivity index (χ4v) is 4.09. The Bertz CT molecular complexity index is 534. The quantitative estimate of drug-likeness (QED) is 0.928. The van der Waals surface area contributed by atoms with Gasteiger partial charge in [0.15, 0.2) is 0 Å². The van der Waals surface area contributed by atoms with Crippen LogP contribution in [0.4, 0.5) is 0 Å². The molecule has 1 fully saturated rings. The average Bonchev–Trinajstić information content (AvgIpc) is 2.96. The number of amides is 1. The van der Waals surface area contributed by atoms with Crippen molar-refractivity contribution in [1.82, 2.24) is 10.2 Å². The Morgan fingerprint density at radius 3 is 2.95 bits per heavy atom. The molecule has 0 radical (unpaired) electrons. The summed E-state index contributed by atoms with van der Waals surface area (Å²) in [6.45, 7) is 5.00. The Balaban J connectivity index is 0.00000176. The predicted molar refractivity (Wildman–Crippen MR) is 92.6 cm³/mol. The van der Waals surface area contributed by atoms with E-state index in [4.69, 9.17) is 0 Å². The highest BCUT2D eigenvalue weighted by atomic mass is 35.5. The minimum Gasteiger partial charge on any atom is -0.342 e. The van der Waals surface area contributed by atoms with Crippen molar-refractivity contribution in [3.63, 3.8) is 0 Å². The molecule has 4 heteroatoms. The molecule has 122 valence electrons. The van der Waals surface area contributed by atoms with Crippen molar-refractivity contribution in [1.29, 1.82) is 0 Å². The summed E-state index contributed by atoms with van der Waals surface area (Å²) in [5, 5.41) is 3.24. The second-order valence-corrected chi connectivity index (χ2v) is 6.81. The number of halogens is 1. The van der Waals surface area contributed by atoms with E-state index in [1.165, 1.54) is 11.1 Å². The Kier molecular flexibility index (Phi) is 5.51. The Morgan fingerprint density at radius 2 is 2.18 bits per heavy atom. The third-order valence-corrected chi connectivity index (χ3v) is 5.27. The lowest BCUT2D eigenvalue weighted by molar-refractivity contribution is -0.136. The molecule has 2 unspecified atom stereocenters. The molecule has 1 aromatic carbocycles. The number of carbonyl (C=O) groups is 1. The first-order valence-electron chi connectivity index (χ1n) is 8.17.